The number of hydrogen-bond donors (Lipinski definition) is 2. The summed E-state index contributed by atoms with van der Waals surface area (Å²) in [6.45, 7) is 2.88. The van der Waals surface area contributed by atoms with E-state index in [0.29, 0.717) is 43.2 Å². The summed E-state index contributed by atoms with van der Waals surface area (Å²) in [5.74, 6) is 1.58. The van der Waals surface area contributed by atoms with Gasteiger partial charge in [-0.3, -0.25) is 14.3 Å². The summed E-state index contributed by atoms with van der Waals surface area (Å²) < 4.78 is 23.4. The lowest BCUT2D eigenvalue weighted by molar-refractivity contribution is 0.102. The summed E-state index contributed by atoms with van der Waals surface area (Å²) in [7, 11) is 0. The van der Waals surface area contributed by atoms with E-state index in [2.05, 4.69) is 22.4 Å². The van der Waals surface area contributed by atoms with Gasteiger partial charge in [0.15, 0.2) is 5.82 Å². The second-order valence-electron chi connectivity index (χ2n) is 6.70. The Kier molecular flexibility index (Phi) is 7.44. The minimum absolute atomic E-state index is 0.257. The maximum Gasteiger partial charge on any atom is 0.256 e. The molecule has 6 nitrogen and oxygen atoms in total. The Balaban J connectivity index is 1.65. The molecule has 0 aliphatic rings. The van der Waals surface area contributed by atoms with Crippen LogP contribution in [0.4, 0.5) is 10.2 Å². The first-order chi connectivity index (χ1) is 14.2. The first-order valence-electron chi connectivity index (χ1n) is 9.92. The Morgan fingerprint density at radius 3 is 2.52 bits per heavy atom. The minimum atomic E-state index is -0.341. The monoisotopic (exact) mass is 399 g/mol. The zero-order chi connectivity index (χ0) is 20.5. The predicted molar refractivity (Wildman–Crippen MR) is 112 cm³/mol. The molecular formula is C22H26FN3O3. The van der Waals surface area contributed by atoms with Crippen molar-refractivity contribution in [2.75, 3.05) is 25.2 Å². The van der Waals surface area contributed by atoms with E-state index in [0.717, 1.165) is 29.5 Å². The second kappa shape index (κ2) is 10.5. The highest BCUT2D eigenvalue weighted by Crippen LogP contribution is 2.26. The number of unbranched alkanes of at least 4 members (excludes halogenated alkanes) is 2. The molecule has 3 rings (SSSR count). The van der Waals surface area contributed by atoms with E-state index in [9.17, 15) is 9.18 Å². The van der Waals surface area contributed by atoms with Gasteiger partial charge in [-0.2, -0.15) is 5.10 Å². The molecule has 1 amide bonds. The Bertz CT molecular complexity index is 925. The normalized spacial score (nSPS) is 10.8. The van der Waals surface area contributed by atoms with Gasteiger partial charge >= 0.3 is 0 Å². The van der Waals surface area contributed by atoms with Crippen LogP contribution in [0.3, 0.4) is 0 Å². The number of rotatable bonds is 11. The van der Waals surface area contributed by atoms with Crippen LogP contribution in [0.2, 0.25) is 0 Å². The van der Waals surface area contributed by atoms with Crippen molar-refractivity contribution in [2.45, 2.75) is 32.6 Å². The summed E-state index contributed by atoms with van der Waals surface area (Å²) in [5.41, 5.74) is 1.30. The van der Waals surface area contributed by atoms with Crippen LogP contribution >= 0.6 is 0 Å². The molecular weight excluding hydrogens is 373 g/mol. The van der Waals surface area contributed by atoms with Gasteiger partial charge < -0.3 is 14.8 Å². The highest BCUT2D eigenvalue weighted by atomic mass is 19.1. The SMILES string of the molecule is CCCCOc1ccc(C(=O)Nc2n[nH]c3ccc(OCCCCF)cc23)cc1. The molecule has 0 atom stereocenters. The molecule has 0 saturated carbocycles. The van der Waals surface area contributed by atoms with Gasteiger partial charge in [0.05, 0.1) is 25.4 Å². The fourth-order valence-electron chi connectivity index (χ4n) is 2.78. The summed E-state index contributed by atoms with van der Waals surface area (Å²) in [6.07, 6.45) is 3.21. The zero-order valence-corrected chi connectivity index (χ0v) is 16.5. The molecule has 154 valence electrons. The summed E-state index contributed by atoms with van der Waals surface area (Å²) in [5, 5.41) is 10.7. The van der Waals surface area contributed by atoms with Gasteiger partial charge in [0.2, 0.25) is 0 Å². The Morgan fingerprint density at radius 2 is 1.76 bits per heavy atom. The number of carbonyl (C=O) groups is 1. The number of halogens is 1. The number of carbonyl (C=O) groups excluding carboxylic acids is 1. The van der Waals surface area contributed by atoms with Gasteiger partial charge in [-0.25, -0.2) is 0 Å². The number of H-pyrrole nitrogens is 1. The molecule has 0 fully saturated rings. The van der Waals surface area contributed by atoms with Crippen LogP contribution in [0.5, 0.6) is 11.5 Å². The third kappa shape index (κ3) is 5.70. The van der Waals surface area contributed by atoms with E-state index in [1.165, 1.54) is 0 Å². The lowest BCUT2D eigenvalue weighted by Gasteiger charge is -2.07. The van der Waals surface area contributed by atoms with E-state index in [-0.39, 0.29) is 12.6 Å². The summed E-state index contributed by atoms with van der Waals surface area (Å²) in [4.78, 5) is 12.6. The van der Waals surface area contributed by atoms with Crippen molar-refractivity contribution in [1.82, 2.24) is 10.2 Å². The molecule has 7 heteroatoms. The van der Waals surface area contributed by atoms with Gasteiger partial charge in [0.1, 0.15) is 11.5 Å². The van der Waals surface area contributed by atoms with Crippen molar-refractivity contribution in [3.63, 3.8) is 0 Å². The highest BCUT2D eigenvalue weighted by molar-refractivity contribution is 6.08. The van der Waals surface area contributed by atoms with Crippen molar-refractivity contribution >= 4 is 22.6 Å². The standard InChI is InChI=1S/C22H26FN3O3/c1-2-3-13-28-17-8-6-16(7-9-17)22(27)24-21-19-15-18(29-14-5-4-12-23)10-11-20(19)25-26-21/h6-11,15H,2-5,12-14H2,1H3,(H2,24,25,26,27). The molecule has 0 radical (unpaired) electrons. The fraction of sp³-hybridized carbons (Fsp3) is 0.364. The number of aromatic nitrogens is 2. The van der Waals surface area contributed by atoms with Gasteiger partial charge in [-0.05, 0) is 61.7 Å². The molecule has 0 unspecified atom stereocenters. The number of aromatic amines is 1. The van der Waals surface area contributed by atoms with Crippen LogP contribution in [-0.2, 0) is 0 Å². The molecule has 1 aromatic heterocycles. The highest BCUT2D eigenvalue weighted by Gasteiger charge is 2.12. The predicted octanol–water partition coefficient (Wildman–Crippen LogP) is 5.12. The average molecular weight is 399 g/mol. The largest absolute Gasteiger partial charge is 0.494 e. The lowest BCUT2D eigenvalue weighted by Crippen LogP contribution is -2.12. The van der Waals surface area contributed by atoms with E-state index < -0.39 is 0 Å². The molecule has 2 N–H and O–H groups in total. The van der Waals surface area contributed by atoms with Crippen molar-refractivity contribution in [3.05, 3.63) is 48.0 Å². The third-order valence-corrected chi connectivity index (χ3v) is 4.45. The van der Waals surface area contributed by atoms with Crippen LogP contribution in [0.15, 0.2) is 42.5 Å². The summed E-state index contributed by atoms with van der Waals surface area (Å²) >= 11 is 0. The zero-order valence-electron chi connectivity index (χ0n) is 16.5. The molecule has 0 aliphatic carbocycles. The van der Waals surface area contributed by atoms with Gasteiger partial charge in [-0.15, -0.1) is 0 Å². The van der Waals surface area contributed by atoms with Gasteiger partial charge in [-0.1, -0.05) is 13.3 Å². The molecule has 2 aromatic carbocycles. The Hall–Kier alpha value is -3.09. The molecule has 0 bridgehead atoms. The first kappa shape index (κ1) is 20.6. The van der Waals surface area contributed by atoms with Crippen molar-refractivity contribution in [1.29, 1.82) is 0 Å². The smallest absolute Gasteiger partial charge is 0.256 e. The molecule has 1 heterocycles. The first-order valence-corrected chi connectivity index (χ1v) is 9.92. The topological polar surface area (TPSA) is 76.2 Å². The van der Waals surface area contributed by atoms with Crippen LogP contribution in [0.25, 0.3) is 10.9 Å². The van der Waals surface area contributed by atoms with E-state index in [1.54, 1.807) is 24.3 Å². The lowest BCUT2D eigenvalue weighted by atomic mass is 10.2. The quantitative estimate of drug-likeness (QED) is 0.439. The van der Waals surface area contributed by atoms with Crippen molar-refractivity contribution < 1.29 is 18.7 Å². The number of nitrogens with zero attached hydrogens (tertiary/aromatic N) is 1. The minimum Gasteiger partial charge on any atom is -0.494 e. The van der Waals surface area contributed by atoms with E-state index >= 15 is 0 Å². The Labute approximate surface area is 169 Å². The van der Waals surface area contributed by atoms with Crippen LogP contribution in [0, 0.1) is 0 Å². The number of benzene rings is 2. The fourth-order valence-corrected chi connectivity index (χ4v) is 2.78. The van der Waals surface area contributed by atoms with Crippen LogP contribution in [0.1, 0.15) is 43.0 Å². The Morgan fingerprint density at radius 1 is 1.03 bits per heavy atom. The number of ether oxygens (including phenoxy) is 2. The number of nitrogens with one attached hydrogen (secondary N) is 2. The van der Waals surface area contributed by atoms with E-state index in [1.807, 2.05) is 18.2 Å². The van der Waals surface area contributed by atoms with Crippen LogP contribution in [-0.4, -0.2) is 36.0 Å². The number of anilines is 1. The van der Waals surface area contributed by atoms with Crippen molar-refractivity contribution in [3.8, 4) is 11.5 Å². The summed E-state index contributed by atoms with van der Waals surface area (Å²) in [6, 6.07) is 12.5. The molecule has 0 aliphatic heterocycles. The van der Waals surface area contributed by atoms with Gasteiger partial charge in [0, 0.05) is 10.9 Å². The average Bonchev–Trinajstić information content (AvgIpc) is 3.14. The maximum absolute atomic E-state index is 12.6. The molecule has 29 heavy (non-hydrogen) atoms. The third-order valence-electron chi connectivity index (χ3n) is 4.45. The molecule has 0 saturated heterocycles. The number of hydrogen-bond acceptors (Lipinski definition) is 4. The second-order valence-corrected chi connectivity index (χ2v) is 6.70. The van der Waals surface area contributed by atoms with E-state index in [4.69, 9.17) is 9.47 Å². The molecule has 3 aromatic rings. The van der Waals surface area contributed by atoms with Crippen LogP contribution < -0.4 is 14.8 Å². The van der Waals surface area contributed by atoms with Gasteiger partial charge in [0.25, 0.3) is 5.91 Å². The number of alkyl halides is 1. The van der Waals surface area contributed by atoms with Crippen molar-refractivity contribution in [2.24, 2.45) is 0 Å². The maximum atomic E-state index is 12.6. The number of amides is 1. The number of fused-ring (bicyclic) bond motifs is 1. The molecule has 0 spiro atoms.